The number of rotatable bonds is 6. The summed E-state index contributed by atoms with van der Waals surface area (Å²) in [7, 11) is 5.30. The summed E-state index contributed by atoms with van der Waals surface area (Å²) in [5.74, 6) is -0.706. The molecular weight excluding hydrogens is 302 g/mol. The summed E-state index contributed by atoms with van der Waals surface area (Å²) >= 11 is 1.32. The third kappa shape index (κ3) is 4.05. The van der Waals surface area contributed by atoms with Gasteiger partial charge in [0.1, 0.15) is 4.88 Å². The monoisotopic (exact) mass is 321 g/mol. The molecule has 0 fully saturated rings. The minimum atomic E-state index is -0.386. The van der Waals surface area contributed by atoms with Crippen LogP contribution in [-0.2, 0) is 9.47 Å². The van der Waals surface area contributed by atoms with E-state index in [2.05, 4.69) is 0 Å². The molecule has 1 heterocycles. The molecule has 0 saturated carbocycles. The standard InChI is InChI=1S/C16H19NO4S/c1-17(2)7-4-8-21-16(19)14-9-11-5-6-12(15(18)20-3)10-13(11)22-14/h5-6,9-10H,4,7-8H2,1-3H3. The molecule has 0 radical (unpaired) electrons. The van der Waals surface area contributed by atoms with Gasteiger partial charge >= 0.3 is 11.9 Å². The molecule has 1 aromatic heterocycles. The van der Waals surface area contributed by atoms with Crippen LogP contribution in [-0.4, -0.2) is 51.2 Å². The van der Waals surface area contributed by atoms with E-state index in [0.29, 0.717) is 17.0 Å². The normalized spacial score (nSPS) is 10.9. The topological polar surface area (TPSA) is 55.8 Å². The number of hydrogen-bond acceptors (Lipinski definition) is 6. The van der Waals surface area contributed by atoms with Crippen LogP contribution in [0.15, 0.2) is 24.3 Å². The number of fused-ring (bicyclic) bond motifs is 1. The number of carbonyl (C=O) groups excluding carboxylic acids is 2. The van der Waals surface area contributed by atoms with Gasteiger partial charge in [0.05, 0.1) is 19.3 Å². The van der Waals surface area contributed by atoms with Gasteiger partial charge in [-0.15, -0.1) is 11.3 Å². The SMILES string of the molecule is COC(=O)c1ccc2cc(C(=O)OCCCN(C)C)sc2c1. The molecular formula is C16H19NO4S. The van der Waals surface area contributed by atoms with Crippen molar-refractivity contribution >= 4 is 33.4 Å². The lowest BCUT2D eigenvalue weighted by Gasteiger charge is -2.08. The minimum Gasteiger partial charge on any atom is -0.465 e. The molecule has 0 bridgehead atoms. The number of esters is 2. The summed E-state index contributed by atoms with van der Waals surface area (Å²) in [5, 5.41) is 0.915. The van der Waals surface area contributed by atoms with E-state index in [1.54, 1.807) is 24.3 Å². The molecule has 0 aliphatic heterocycles. The van der Waals surface area contributed by atoms with Gasteiger partial charge in [-0.3, -0.25) is 0 Å². The molecule has 0 amide bonds. The highest BCUT2D eigenvalue weighted by Gasteiger charge is 2.13. The van der Waals surface area contributed by atoms with Crippen molar-refractivity contribution < 1.29 is 19.1 Å². The van der Waals surface area contributed by atoms with Gasteiger partial charge in [0.2, 0.25) is 0 Å². The fourth-order valence-corrected chi connectivity index (χ4v) is 2.99. The number of hydrogen-bond donors (Lipinski definition) is 0. The van der Waals surface area contributed by atoms with Crippen LogP contribution in [0.4, 0.5) is 0 Å². The zero-order valence-corrected chi connectivity index (χ0v) is 13.7. The van der Waals surface area contributed by atoms with E-state index in [1.807, 2.05) is 19.0 Å². The van der Waals surface area contributed by atoms with Gasteiger partial charge in [-0.2, -0.15) is 0 Å². The maximum absolute atomic E-state index is 12.0. The minimum absolute atomic E-state index is 0.320. The van der Waals surface area contributed by atoms with E-state index in [4.69, 9.17) is 9.47 Å². The second kappa shape index (κ2) is 7.38. The molecule has 0 spiro atoms. The molecule has 0 atom stereocenters. The van der Waals surface area contributed by atoms with Crippen molar-refractivity contribution in [1.29, 1.82) is 0 Å². The Balaban J connectivity index is 2.05. The van der Waals surface area contributed by atoms with Crippen molar-refractivity contribution in [2.24, 2.45) is 0 Å². The fraction of sp³-hybridized carbons (Fsp3) is 0.375. The highest BCUT2D eigenvalue weighted by molar-refractivity contribution is 7.20. The van der Waals surface area contributed by atoms with Gasteiger partial charge in [0, 0.05) is 11.2 Å². The molecule has 0 unspecified atom stereocenters. The first-order valence-electron chi connectivity index (χ1n) is 6.95. The van der Waals surface area contributed by atoms with Crippen LogP contribution in [0.3, 0.4) is 0 Å². The number of benzene rings is 1. The Kier molecular flexibility index (Phi) is 5.51. The van der Waals surface area contributed by atoms with E-state index in [-0.39, 0.29) is 11.9 Å². The lowest BCUT2D eigenvalue weighted by atomic mass is 10.2. The number of ether oxygens (including phenoxy) is 2. The Bertz CT molecular complexity index is 678. The van der Waals surface area contributed by atoms with E-state index in [9.17, 15) is 9.59 Å². The van der Waals surface area contributed by atoms with Gasteiger partial charge in [0.15, 0.2) is 0 Å². The van der Waals surface area contributed by atoms with Crippen molar-refractivity contribution in [2.45, 2.75) is 6.42 Å². The van der Waals surface area contributed by atoms with Crippen molar-refractivity contribution in [3.8, 4) is 0 Å². The van der Waals surface area contributed by atoms with Gasteiger partial charge in [0.25, 0.3) is 0 Å². The van der Waals surface area contributed by atoms with E-state index in [1.165, 1.54) is 18.4 Å². The third-order valence-electron chi connectivity index (χ3n) is 3.13. The first kappa shape index (κ1) is 16.5. The summed E-state index contributed by atoms with van der Waals surface area (Å²) in [4.78, 5) is 26.1. The van der Waals surface area contributed by atoms with Gasteiger partial charge in [-0.25, -0.2) is 9.59 Å². The van der Waals surface area contributed by atoms with Gasteiger partial charge in [-0.1, -0.05) is 6.07 Å². The maximum Gasteiger partial charge on any atom is 0.348 e. The average molecular weight is 321 g/mol. The summed E-state index contributed by atoms with van der Waals surface area (Å²) in [6, 6.07) is 7.01. The Morgan fingerprint density at radius 2 is 1.95 bits per heavy atom. The highest BCUT2D eigenvalue weighted by atomic mass is 32.1. The fourth-order valence-electron chi connectivity index (χ4n) is 1.99. The molecule has 0 aliphatic rings. The predicted molar refractivity (Wildman–Crippen MR) is 86.6 cm³/mol. The van der Waals surface area contributed by atoms with Crippen molar-refractivity contribution in [3.63, 3.8) is 0 Å². The first-order chi connectivity index (χ1) is 10.5. The first-order valence-corrected chi connectivity index (χ1v) is 7.76. The van der Waals surface area contributed by atoms with Crippen LogP contribution >= 0.6 is 11.3 Å². The molecule has 2 rings (SSSR count). The molecule has 22 heavy (non-hydrogen) atoms. The molecule has 2 aromatic rings. The van der Waals surface area contributed by atoms with Crippen LogP contribution in [0.2, 0.25) is 0 Å². The Labute approximate surface area is 133 Å². The molecule has 0 N–H and O–H groups in total. The molecule has 5 nitrogen and oxygen atoms in total. The Morgan fingerprint density at radius 3 is 2.64 bits per heavy atom. The summed E-state index contributed by atoms with van der Waals surface area (Å²) < 4.78 is 10.8. The highest BCUT2D eigenvalue weighted by Crippen LogP contribution is 2.27. The molecule has 0 aliphatic carbocycles. The summed E-state index contributed by atoms with van der Waals surface area (Å²) in [5.41, 5.74) is 0.475. The van der Waals surface area contributed by atoms with Crippen LogP contribution in [0.5, 0.6) is 0 Å². The predicted octanol–water partition coefficient (Wildman–Crippen LogP) is 2.80. The van der Waals surface area contributed by atoms with E-state index in [0.717, 1.165) is 23.1 Å². The second-order valence-corrected chi connectivity index (χ2v) is 6.23. The van der Waals surface area contributed by atoms with Crippen LogP contribution < -0.4 is 0 Å². The lowest BCUT2D eigenvalue weighted by Crippen LogP contribution is -2.16. The zero-order chi connectivity index (χ0) is 16.1. The third-order valence-corrected chi connectivity index (χ3v) is 4.20. The molecule has 0 saturated heterocycles. The quantitative estimate of drug-likeness (QED) is 0.605. The Morgan fingerprint density at radius 1 is 1.18 bits per heavy atom. The van der Waals surface area contributed by atoms with E-state index < -0.39 is 0 Å². The summed E-state index contributed by atoms with van der Waals surface area (Å²) in [6.07, 6.45) is 0.802. The molecule has 1 aromatic carbocycles. The Hall–Kier alpha value is -1.92. The molecule has 6 heteroatoms. The van der Waals surface area contributed by atoms with Crippen LogP contribution in [0, 0.1) is 0 Å². The zero-order valence-electron chi connectivity index (χ0n) is 12.9. The largest absolute Gasteiger partial charge is 0.465 e. The molecule has 118 valence electrons. The van der Waals surface area contributed by atoms with Crippen LogP contribution in [0.25, 0.3) is 10.1 Å². The van der Waals surface area contributed by atoms with Crippen molar-refractivity contribution in [1.82, 2.24) is 4.90 Å². The van der Waals surface area contributed by atoms with E-state index >= 15 is 0 Å². The number of carbonyl (C=O) groups is 2. The number of methoxy groups -OCH3 is 1. The van der Waals surface area contributed by atoms with Gasteiger partial charge < -0.3 is 14.4 Å². The second-order valence-electron chi connectivity index (χ2n) is 5.15. The summed E-state index contributed by atoms with van der Waals surface area (Å²) in [6.45, 7) is 1.28. The van der Waals surface area contributed by atoms with Crippen molar-refractivity contribution in [2.75, 3.05) is 34.4 Å². The average Bonchev–Trinajstić information content (AvgIpc) is 2.93. The number of nitrogens with zero attached hydrogens (tertiary/aromatic N) is 1. The smallest absolute Gasteiger partial charge is 0.348 e. The maximum atomic E-state index is 12.0. The van der Waals surface area contributed by atoms with Crippen molar-refractivity contribution in [3.05, 3.63) is 34.7 Å². The van der Waals surface area contributed by atoms with Gasteiger partial charge in [-0.05, 0) is 44.1 Å². The van der Waals surface area contributed by atoms with Crippen LogP contribution in [0.1, 0.15) is 26.5 Å². The number of thiophene rings is 1. The lowest BCUT2D eigenvalue weighted by molar-refractivity contribution is 0.0498.